The fourth-order valence-corrected chi connectivity index (χ4v) is 6.40. The smallest absolute Gasteiger partial charge is 0.151 e. The summed E-state index contributed by atoms with van der Waals surface area (Å²) in [6.45, 7) is 15.2. The number of likely N-dealkylation sites (tertiary alicyclic amines) is 1. The van der Waals surface area contributed by atoms with Crippen molar-refractivity contribution in [1.29, 1.82) is 0 Å². The quantitative estimate of drug-likeness (QED) is 0.471. The van der Waals surface area contributed by atoms with Gasteiger partial charge in [-0.25, -0.2) is 4.68 Å². The Morgan fingerprint density at radius 1 is 1.06 bits per heavy atom. The molecular formula is C29H40N6. The van der Waals surface area contributed by atoms with E-state index in [1.54, 1.807) is 11.7 Å². The number of aromatic amines is 1. The number of nitrogens with zero attached hydrogens (tertiary/aromatic N) is 5. The van der Waals surface area contributed by atoms with Crippen molar-refractivity contribution in [2.75, 3.05) is 20.1 Å². The number of rotatable bonds is 5. The molecule has 3 aromatic heterocycles. The molecule has 1 aliphatic carbocycles. The molecule has 6 nitrogen and oxygen atoms in total. The Hall–Kier alpha value is -2.73. The van der Waals surface area contributed by atoms with E-state index in [0.717, 1.165) is 39.4 Å². The van der Waals surface area contributed by atoms with Gasteiger partial charge in [-0.15, -0.1) is 0 Å². The third-order valence-electron chi connectivity index (χ3n) is 8.45. The average Bonchev–Trinajstić information content (AvgIpc) is 3.53. The summed E-state index contributed by atoms with van der Waals surface area (Å²) in [7, 11) is 1.80. The van der Waals surface area contributed by atoms with Crippen LogP contribution in [0.4, 0.5) is 0 Å². The van der Waals surface area contributed by atoms with Crippen LogP contribution in [0.15, 0.2) is 28.4 Å². The van der Waals surface area contributed by atoms with Crippen molar-refractivity contribution in [2.45, 2.75) is 84.1 Å². The molecule has 2 aliphatic rings. The van der Waals surface area contributed by atoms with E-state index in [4.69, 9.17) is 4.98 Å². The minimum absolute atomic E-state index is 0.341. The molecule has 4 heterocycles. The summed E-state index contributed by atoms with van der Waals surface area (Å²) in [5, 5.41) is 4.21. The van der Waals surface area contributed by atoms with Gasteiger partial charge in [0.2, 0.25) is 0 Å². The number of H-pyrrole nitrogens is 1. The Kier molecular flexibility index (Phi) is 6.67. The summed E-state index contributed by atoms with van der Waals surface area (Å²) in [6.07, 6.45) is 9.92. The summed E-state index contributed by atoms with van der Waals surface area (Å²) in [5.74, 6) is 0.908. The van der Waals surface area contributed by atoms with Gasteiger partial charge in [0.25, 0.3) is 0 Å². The first-order chi connectivity index (χ1) is 16.9. The molecule has 0 atom stereocenters. The van der Waals surface area contributed by atoms with Crippen LogP contribution in [0.5, 0.6) is 0 Å². The van der Waals surface area contributed by atoms with Gasteiger partial charge in [0.1, 0.15) is 0 Å². The Labute approximate surface area is 209 Å². The second-order valence-corrected chi connectivity index (χ2v) is 10.8. The molecule has 0 unspecified atom stereocenters. The van der Waals surface area contributed by atoms with E-state index in [1.165, 1.54) is 68.4 Å². The van der Waals surface area contributed by atoms with E-state index >= 15 is 0 Å². The van der Waals surface area contributed by atoms with Gasteiger partial charge < -0.3 is 9.88 Å². The number of pyridine rings is 2. The molecule has 186 valence electrons. The normalized spacial score (nSPS) is 21.9. The predicted molar refractivity (Wildman–Crippen MR) is 145 cm³/mol. The highest BCUT2D eigenvalue weighted by Crippen LogP contribution is 2.39. The lowest BCUT2D eigenvalue weighted by Crippen LogP contribution is -2.35. The molecule has 1 N–H and O–H groups in total. The van der Waals surface area contributed by atoms with Crippen LogP contribution in [-0.4, -0.2) is 52.4 Å². The van der Waals surface area contributed by atoms with Gasteiger partial charge >= 0.3 is 0 Å². The van der Waals surface area contributed by atoms with Crippen molar-refractivity contribution >= 4 is 17.8 Å². The summed E-state index contributed by atoms with van der Waals surface area (Å²) in [6, 6.07) is 5.30. The minimum atomic E-state index is 0.341. The van der Waals surface area contributed by atoms with E-state index in [2.05, 4.69) is 72.7 Å². The van der Waals surface area contributed by atoms with E-state index < -0.39 is 0 Å². The van der Waals surface area contributed by atoms with E-state index in [0.29, 0.717) is 11.8 Å². The van der Waals surface area contributed by atoms with Crippen molar-refractivity contribution in [2.24, 2.45) is 10.1 Å². The maximum absolute atomic E-state index is 5.31. The van der Waals surface area contributed by atoms with Crippen LogP contribution >= 0.6 is 0 Å². The summed E-state index contributed by atoms with van der Waals surface area (Å²) < 4.78 is 1.78. The monoisotopic (exact) mass is 472 g/mol. The van der Waals surface area contributed by atoms with E-state index in [-0.39, 0.29) is 0 Å². The maximum Gasteiger partial charge on any atom is 0.151 e. The number of aromatic nitrogens is 3. The molecule has 5 rings (SSSR count). The standard InChI is InChI=1S/C29H40N6/c1-18(2)26-27(23-17-35(31-6)29(30-5)20(4)19(23)3)33-25-14-13-24(32-28(25)26)21-9-11-22(12-10-21)34-15-7-8-16-34/h13-14,17-18,21-22,33H,6-12,15-16H2,1-5H3. The number of nitrogens with one attached hydrogen (secondary N) is 1. The van der Waals surface area contributed by atoms with Crippen LogP contribution in [0.25, 0.3) is 22.3 Å². The Morgan fingerprint density at radius 3 is 2.40 bits per heavy atom. The summed E-state index contributed by atoms with van der Waals surface area (Å²) in [5.41, 5.74) is 10.2. The molecule has 0 amide bonds. The lowest BCUT2D eigenvalue weighted by Gasteiger charge is -2.34. The highest BCUT2D eigenvalue weighted by Gasteiger charge is 2.29. The van der Waals surface area contributed by atoms with Crippen LogP contribution in [0, 0.1) is 13.8 Å². The van der Waals surface area contributed by atoms with Gasteiger partial charge in [-0.3, -0.25) is 9.98 Å². The van der Waals surface area contributed by atoms with Crippen molar-refractivity contribution < 1.29 is 0 Å². The fraction of sp³-hybridized carbons (Fsp3) is 0.552. The molecule has 1 aliphatic heterocycles. The summed E-state index contributed by atoms with van der Waals surface area (Å²) in [4.78, 5) is 16.2. The molecule has 0 radical (unpaired) electrons. The molecule has 0 bridgehead atoms. The topological polar surface area (TPSA) is 61.6 Å². The second-order valence-electron chi connectivity index (χ2n) is 10.8. The van der Waals surface area contributed by atoms with E-state index in [9.17, 15) is 0 Å². The van der Waals surface area contributed by atoms with Crippen molar-refractivity contribution in [3.8, 4) is 11.3 Å². The molecule has 35 heavy (non-hydrogen) atoms. The first kappa shape index (κ1) is 24.0. The van der Waals surface area contributed by atoms with Gasteiger partial charge in [0.05, 0.1) is 16.7 Å². The SMILES string of the molecule is C=Nn1cc(-c2[nH]c3ccc(C4CCC(N5CCCC5)CC4)nc3c2C(C)C)c(C)c(C)c1=NC. The van der Waals surface area contributed by atoms with Crippen molar-refractivity contribution in [1.82, 2.24) is 19.5 Å². The van der Waals surface area contributed by atoms with Gasteiger partial charge in [-0.05, 0) is 94.6 Å². The molecule has 1 saturated carbocycles. The Balaban J connectivity index is 1.53. The predicted octanol–water partition coefficient (Wildman–Crippen LogP) is 5.89. The van der Waals surface area contributed by atoms with Crippen LogP contribution in [-0.2, 0) is 0 Å². The Morgan fingerprint density at radius 2 is 1.77 bits per heavy atom. The molecule has 3 aromatic rings. The zero-order valence-corrected chi connectivity index (χ0v) is 22.1. The third kappa shape index (κ3) is 4.26. The molecule has 0 aromatic carbocycles. The zero-order chi connectivity index (χ0) is 24.7. The number of hydrogen-bond acceptors (Lipinski definition) is 4. The molecule has 1 saturated heterocycles. The second kappa shape index (κ2) is 9.73. The fourth-order valence-electron chi connectivity index (χ4n) is 6.40. The minimum Gasteiger partial charge on any atom is -0.353 e. The average molecular weight is 473 g/mol. The van der Waals surface area contributed by atoms with Crippen LogP contribution in [0.2, 0.25) is 0 Å². The van der Waals surface area contributed by atoms with Gasteiger partial charge in [-0.1, -0.05) is 13.8 Å². The van der Waals surface area contributed by atoms with Crippen LogP contribution in [0.3, 0.4) is 0 Å². The largest absolute Gasteiger partial charge is 0.353 e. The molecule has 2 fully saturated rings. The van der Waals surface area contributed by atoms with Crippen molar-refractivity contribution in [3.63, 3.8) is 0 Å². The molecule has 6 heteroatoms. The van der Waals surface area contributed by atoms with E-state index in [1.807, 2.05) is 0 Å². The number of fused-ring (bicyclic) bond motifs is 1. The van der Waals surface area contributed by atoms with Gasteiger partial charge in [-0.2, -0.15) is 5.10 Å². The highest BCUT2D eigenvalue weighted by atomic mass is 15.3. The van der Waals surface area contributed by atoms with Crippen LogP contribution in [0.1, 0.15) is 86.6 Å². The number of hydrogen-bond donors (Lipinski definition) is 1. The lowest BCUT2D eigenvalue weighted by atomic mass is 9.83. The zero-order valence-electron chi connectivity index (χ0n) is 22.1. The first-order valence-corrected chi connectivity index (χ1v) is 13.3. The van der Waals surface area contributed by atoms with Gasteiger partial charge in [0, 0.05) is 48.7 Å². The van der Waals surface area contributed by atoms with Crippen LogP contribution < -0.4 is 5.49 Å². The third-order valence-corrected chi connectivity index (χ3v) is 8.45. The summed E-state index contributed by atoms with van der Waals surface area (Å²) >= 11 is 0. The van der Waals surface area contributed by atoms with Crippen molar-refractivity contribution in [3.05, 3.63) is 46.2 Å². The Bertz CT molecular complexity index is 1300. The highest BCUT2D eigenvalue weighted by molar-refractivity contribution is 5.89. The lowest BCUT2D eigenvalue weighted by molar-refractivity contribution is 0.181. The molecular weight excluding hydrogens is 432 g/mol. The molecule has 0 spiro atoms. The maximum atomic E-state index is 5.31. The van der Waals surface area contributed by atoms with Gasteiger partial charge in [0.15, 0.2) is 5.49 Å². The first-order valence-electron chi connectivity index (χ1n) is 13.3.